The first-order chi connectivity index (χ1) is 19.9. The summed E-state index contributed by atoms with van der Waals surface area (Å²) in [6.07, 6.45) is 9.39. The van der Waals surface area contributed by atoms with Crippen LogP contribution in [0, 0.1) is 13.8 Å². The van der Waals surface area contributed by atoms with Gasteiger partial charge in [0.1, 0.15) is 5.65 Å². The number of nitrogens with one attached hydrogen (secondary N) is 1. The van der Waals surface area contributed by atoms with Gasteiger partial charge < -0.3 is 19.9 Å². The second kappa shape index (κ2) is 11.6. The van der Waals surface area contributed by atoms with E-state index in [2.05, 4.69) is 40.1 Å². The molecule has 4 heterocycles. The lowest BCUT2D eigenvalue weighted by atomic mass is 9.89. The van der Waals surface area contributed by atoms with E-state index in [1.54, 1.807) is 0 Å². The Kier molecular flexibility index (Phi) is 7.75. The standard InChI is InChI=1S/C33H40N6O2/c1-21-17-26(18-22(2)35-21)32(41)38-15-13-25(14-16-38)30-20-39(27-9-11-28(40)12-10-27)31-29(30)19-34-33(37-31)36-23(3)24-7-5-4-6-8-24/h4-8,17-20,23,25,27-28,40H,9-16H2,1-3H3,(H,34,36,37)/t23-,27-,28-/m0/s1. The largest absolute Gasteiger partial charge is 0.393 e. The van der Waals surface area contributed by atoms with Gasteiger partial charge in [-0.15, -0.1) is 0 Å². The van der Waals surface area contributed by atoms with Crippen molar-refractivity contribution in [2.75, 3.05) is 18.4 Å². The number of amides is 1. The van der Waals surface area contributed by atoms with Crippen LogP contribution in [0.5, 0.6) is 0 Å². The third-order valence-corrected chi connectivity index (χ3v) is 8.86. The Morgan fingerprint density at radius 1 is 0.976 bits per heavy atom. The van der Waals surface area contributed by atoms with Gasteiger partial charge in [-0.05, 0) is 88.5 Å². The van der Waals surface area contributed by atoms with Crippen molar-refractivity contribution in [3.63, 3.8) is 0 Å². The number of aryl methyl sites for hydroxylation is 2. The third kappa shape index (κ3) is 5.84. The van der Waals surface area contributed by atoms with Gasteiger partial charge in [0.2, 0.25) is 5.95 Å². The first-order valence-electron chi connectivity index (χ1n) is 15.0. The van der Waals surface area contributed by atoms with E-state index in [0.717, 1.165) is 79.6 Å². The molecule has 214 valence electrons. The molecule has 1 saturated heterocycles. The molecule has 1 amide bonds. The number of pyridine rings is 1. The number of aliphatic hydroxyl groups is 1. The molecule has 4 aromatic rings. The maximum absolute atomic E-state index is 13.3. The first kappa shape index (κ1) is 27.4. The Morgan fingerprint density at radius 2 is 1.66 bits per heavy atom. The molecule has 3 aromatic heterocycles. The van der Waals surface area contributed by atoms with Gasteiger partial charge in [0.15, 0.2) is 0 Å². The molecule has 2 aliphatic rings. The second-order valence-electron chi connectivity index (χ2n) is 11.9. The Morgan fingerprint density at radius 3 is 2.34 bits per heavy atom. The molecule has 1 aliphatic heterocycles. The van der Waals surface area contributed by atoms with Crippen LogP contribution in [0.1, 0.15) is 96.3 Å². The summed E-state index contributed by atoms with van der Waals surface area (Å²) in [4.78, 5) is 29.5. The molecule has 6 rings (SSSR count). The number of carbonyl (C=O) groups excluding carboxylic acids is 1. The zero-order chi connectivity index (χ0) is 28.5. The highest BCUT2D eigenvalue weighted by Crippen LogP contribution is 2.38. The molecule has 2 fully saturated rings. The summed E-state index contributed by atoms with van der Waals surface area (Å²) < 4.78 is 2.34. The first-order valence-corrected chi connectivity index (χ1v) is 15.0. The maximum atomic E-state index is 13.3. The van der Waals surface area contributed by atoms with Crippen molar-refractivity contribution in [2.24, 2.45) is 0 Å². The molecular weight excluding hydrogens is 512 g/mol. The van der Waals surface area contributed by atoms with Crippen LogP contribution in [0.2, 0.25) is 0 Å². The lowest BCUT2D eigenvalue weighted by Crippen LogP contribution is -2.38. The van der Waals surface area contributed by atoms with Gasteiger partial charge in [-0.1, -0.05) is 30.3 Å². The lowest BCUT2D eigenvalue weighted by Gasteiger charge is -2.32. The molecule has 0 bridgehead atoms. The second-order valence-corrected chi connectivity index (χ2v) is 11.9. The highest BCUT2D eigenvalue weighted by Gasteiger charge is 2.30. The van der Waals surface area contributed by atoms with E-state index in [9.17, 15) is 9.90 Å². The summed E-state index contributed by atoms with van der Waals surface area (Å²) in [6, 6.07) is 14.5. The number of aromatic nitrogens is 4. The molecule has 0 unspecified atom stereocenters. The fourth-order valence-corrected chi connectivity index (χ4v) is 6.62. The van der Waals surface area contributed by atoms with E-state index in [0.29, 0.717) is 17.9 Å². The summed E-state index contributed by atoms with van der Waals surface area (Å²) in [7, 11) is 0. The van der Waals surface area contributed by atoms with E-state index in [4.69, 9.17) is 9.97 Å². The van der Waals surface area contributed by atoms with Crippen LogP contribution in [0.4, 0.5) is 5.95 Å². The monoisotopic (exact) mass is 552 g/mol. The predicted molar refractivity (Wildman–Crippen MR) is 161 cm³/mol. The molecule has 0 spiro atoms. The van der Waals surface area contributed by atoms with Crippen LogP contribution >= 0.6 is 0 Å². The lowest BCUT2D eigenvalue weighted by molar-refractivity contribution is 0.0712. The fourth-order valence-electron chi connectivity index (χ4n) is 6.62. The van der Waals surface area contributed by atoms with Crippen molar-refractivity contribution in [1.29, 1.82) is 0 Å². The average molecular weight is 553 g/mol. The summed E-state index contributed by atoms with van der Waals surface area (Å²) in [5.74, 6) is 1.05. The van der Waals surface area contributed by atoms with Crippen molar-refractivity contribution in [1.82, 2.24) is 24.4 Å². The van der Waals surface area contributed by atoms with Crippen molar-refractivity contribution >= 4 is 22.9 Å². The van der Waals surface area contributed by atoms with Crippen LogP contribution in [0.25, 0.3) is 11.0 Å². The Labute approximate surface area is 241 Å². The Bertz CT molecular complexity index is 1500. The highest BCUT2D eigenvalue weighted by atomic mass is 16.3. The average Bonchev–Trinajstić information content (AvgIpc) is 3.36. The summed E-state index contributed by atoms with van der Waals surface area (Å²) >= 11 is 0. The van der Waals surface area contributed by atoms with Gasteiger partial charge in [0.05, 0.1) is 12.1 Å². The number of anilines is 1. The summed E-state index contributed by atoms with van der Waals surface area (Å²) in [5.41, 5.74) is 5.89. The number of fused-ring (bicyclic) bond motifs is 1. The molecule has 2 N–H and O–H groups in total. The SMILES string of the molecule is Cc1cc(C(=O)N2CCC(c3cn([C@H]4CC[C@H](O)CC4)c4nc(N[C@@H](C)c5ccccc5)ncc34)CC2)cc(C)n1. The van der Waals surface area contributed by atoms with E-state index in [1.165, 1.54) is 11.1 Å². The van der Waals surface area contributed by atoms with Crippen LogP contribution in [0.3, 0.4) is 0 Å². The van der Waals surface area contributed by atoms with E-state index in [-0.39, 0.29) is 18.1 Å². The fraction of sp³-hybridized carbons (Fsp3) is 0.455. The summed E-state index contributed by atoms with van der Waals surface area (Å²) in [5, 5.41) is 14.7. The van der Waals surface area contributed by atoms with E-state index < -0.39 is 0 Å². The minimum atomic E-state index is -0.207. The van der Waals surface area contributed by atoms with Crippen LogP contribution in [0.15, 0.2) is 54.9 Å². The molecule has 1 aliphatic carbocycles. The van der Waals surface area contributed by atoms with Crippen molar-refractivity contribution in [2.45, 2.75) is 83.4 Å². The zero-order valence-electron chi connectivity index (χ0n) is 24.3. The third-order valence-electron chi connectivity index (χ3n) is 8.86. The molecule has 1 atom stereocenters. The van der Waals surface area contributed by atoms with Gasteiger partial charge in [0, 0.05) is 53.9 Å². The molecule has 0 radical (unpaired) electrons. The van der Waals surface area contributed by atoms with Gasteiger partial charge in [-0.2, -0.15) is 4.98 Å². The molecule has 8 heteroatoms. The quantitative estimate of drug-likeness (QED) is 0.300. The number of hydrogen-bond acceptors (Lipinski definition) is 6. The summed E-state index contributed by atoms with van der Waals surface area (Å²) in [6.45, 7) is 7.44. The molecule has 41 heavy (non-hydrogen) atoms. The number of nitrogens with zero attached hydrogens (tertiary/aromatic N) is 5. The topological polar surface area (TPSA) is 96.2 Å². The van der Waals surface area contributed by atoms with E-state index >= 15 is 0 Å². The number of likely N-dealkylation sites (tertiary alicyclic amines) is 1. The zero-order valence-corrected chi connectivity index (χ0v) is 24.3. The number of aliphatic hydroxyl groups excluding tert-OH is 1. The number of carbonyl (C=O) groups is 1. The predicted octanol–water partition coefficient (Wildman–Crippen LogP) is 6.11. The minimum absolute atomic E-state index is 0.0798. The molecule has 1 aromatic carbocycles. The smallest absolute Gasteiger partial charge is 0.253 e. The molecule has 8 nitrogen and oxygen atoms in total. The highest BCUT2D eigenvalue weighted by molar-refractivity contribution is 5.94. The van der Waals surface area contributed by atoms with Crippen molar-refractivity contribution in [3.8, 4) is 0 Å². The number of rotatable bonds is 6. The van der Waals surface area contributed by atoms with Gasteiger partial charge >= 0.3 is 0 Å². The van der Waals surface area contributed by atoms with Crippen LogP contribution in [-0.2, 0) is 0 Å². The van der Waals surface area contributed by atoms with Crippen LogP contribution in [-0.4, -0.2) is 54.6 Å². The van der Waals surface area contributed by atoms with Gasteiger partial charge in [0.25, 0.3) is 5.91 Å². The number of piperidine rings is 1. The molecule has 1 saturated carbocycles. The number of hydrogen-bond donors (Lipinski definition) is 2. The molecular formula is C33H40N6O2. The maximum Gasteiger partial charge on any atom is 0.253 e. The minimum Gasteiger partial charge on any atom is -0.393 e. The normalized spacial score (nSPS) is 20.7. The Balaban J connectivity index is 1.25. The van der Waals surface area contributed by atoms with Crippen molar-refractivity contribution < 1.29 is 9.90 Å². The van der Waals surface area contributed by atoms with Gasteiger partial charge in [-0.3, -0.25) is 9.78 Å². The number of benzene rings is 1. The Hall–Kier alpha value is -3.78. The van der Waals surface area contributed by atoms with Crippen molar-refractivity contribution in [3.05, 3.63) is 82.9 Å². The van der Waals surface area contributed by atoms with Gasteiger partial charge in [-0.25, -0.2) is 4.98 Å². The van der Waals surface area contributed by atoms with E-state index in [1.807, 2.05) is 55.3 Å². The van der Waals surface area contributed by atoms with Crippen LogP contribution < -0.4 is 5.32 Å².